The van der Waals surface area contributed by atoms with Gasteiger partial charge in [0.25, 0.3) is 14.1 Å². The van der Waals surface area contributed by atoms with Crippen molar-refractivity contribution in [3.8, 4) is 0 Å². The van der Waals surface area contributed by atoms with Crippen LogP contribution < -0.4 is 18.7 Å². The average Bonchev–Trinajstić information content (AvgIpc) is 0.722. The fraction of sp³-hybridized carbons (Fsp3) is 0. The highest BCUT2D eigenvalue weighted by Gasteiger charge is 2.07. The van der Waals surface area contributed by atoms with Gasteiger partial charge in [-0.25, -0.2) is 12.6 Å². The Bertz CT molecular complexity index is 23.0. The van der Waals surface area contributed by atoms with E-state index in [1.54, 1.807) is 0 Å². The van der Waals surface area contributed by atoms with Gasteiger partial charge in [0, 0.05) is 4.20 Å². The van der Waals surface area contributed by atoms with E-state index in [1.165, 1.54) is 0 Å². The molecule has 0 aromatic carbocycles. The van der Waals surface area contributed by atoms with Crippen molar-refractivity contribution in [2.45, 2.75) is 0 Å². The van der Waals surface area contributed by atoms with Gasteiger partial charge in [-0.1, -0.05) is 0 Å². The summed E-state index contributed by atoms with van der Waals surface area (Å²) in [7, 11) is 0. The van der Waals surface area contributed by atoms with Crippen molar-refractivity contribution < 1.29 is 30.9 Å². The molecule has 0 aliphatic heterocycles. The molecule has 0 bridgehead atoms. The van der Waals surface area contributed by atoms with Crippen LogP contribution in [0.3, 0.4) is 0 Å². The van der Waals surface area contributed by atoms with Crippen molar-refractivity contribution >= 4 is 0 Å². The minimum atomic E-state index is -5.38. The predicted molar refractivity (Wildman–Crippen MR) is 7.24 cm³/mol. The Morgan fingerprint density at radius 1 is 1.17 bits per heavy atom. The molecule has 0 aromatic rings. The second kappa shape index (κ2) is 2.45. The van der Waals surface area contributed by atoms with Gasteiger partial charge in [-0.2, -0.15) is 0 Å². The standard InChI is InChI=1S/BrHO4.H3N/c2-1(3,4)5;/h2H;1H3. The lowest BCUT2D eigenvalue weighted by atomic mass is 14.0. The molecule has 0 aromatic heterocycles. The van der Waals surface area contributed by atoms with Gasteiger partial charge < -0.3 is 6.15 Å². The minimum Gasteiger partial charge on any atom is -0.344 e. The van der Waals surface area contributed by atoms with E-state index in [-0.39, 0.29) is 6.15 Å². The van der Waals surface area contributed by atoms with E-state index in [4.69, 9.17) is 16.8 Å². The third kappa shape index (κ3) is 587. The van der Waals surface area contributed by atoms with Gasteiger partial charge in [-0.15, -0.1) is 0 Å². The van der Waals surface area contributed by atoms with Crippen LogP contribution in [-0.4, -0.2) is 4.20 Å². The first-order chi connectivity index (χ1) is 2.00. The van der Waals surface area contributed by atoms with Crippen molar-refractivity contribution in [1.82, 2.24) is 6.15 Å². The van der Waals surface area contributed by atoms with E-state index in [9.17, 15) is 0 Å². The largest absolute Gasteiger partial charge is 0.344 e. The predicted octanol–water partition coefficient (Wildman–Crippen LogP) is -3.96. The molecular weight excluding hydrogens is 158 g/mol. The zero-order valence-corrected chi connectivity index (χ0v) is 4.34. The first-order valence-corrected chi connectivity index (χ1v) is 3.28. The van der Waals surface area contributed by atoms with Gasteiger partial charge in [0.15, 0.2) is 0 Å². The highest BCUT2D eigenvalue weighted by atomic mass is 80.0. The molecule has 0 heterocycles. The van der Waals surface area contributed by atoms with E-state index in [1.807, 2.05) is 0 Å². The van der Waals surface area contributed by atoms with Gasteiger partial charge >= 0.3 is 0 Å². The molecule has 4 N–H and O–H groups in total. The summed E-state index contributed by atoms with van der Waals surface area (Å²) < 4.78 is 33.1. The van der Waals surface area contributed by atoms with Crippen LogP contribution in [0.4, 0.5) is 0 Å². The highest BCUT2D eigenvalue weighted by molar-refractivity contribution is 2.15. The molecule has 6 heavy (non-hydrogen) atoms. The van der Waals surface area contributed by atoms with Crippen LogP contribution in [0.5, 0.6) is 0 Å². The summed E-state index contributed by atoms with van der Waals surface area (Å²) >= 11 is -5.38. The monoisotopic (exact) mass is 161 g/mol. The molecule has 0 spiro atoms. The van der Waals surface area contributed by atoms with Crippen LogP contribution in [0.25, 0.3) is 0 Å². The minimum absolute atomic E-state index is 0. The van der Waals surface area contributed by atoms with E-state index in [0.717, 1.165) is 0 Å². The number of hydrogen-bond acceptors (Lipinski definition) is 5. The number of rotatable bonds is 0. The van der Waals surface area contributed by atoms with Crippen molar-refractivity contribution in [2.75, 3.05) is 0 Å². The summed E-state index contributed by atoms with van der Waals surface area (Å²) in [5.41, 5.74) is 0. The fourth-order valence-corrected chi connectivity index (χ4v) is 0. The third-order valence-corrected chi connectivity index (χ3v) is 0. The normalized spacial score (nSPS) is 10.0. The second-order valence-corrected chi connectivity index (χ2v) is 2.06. The van der Waals surface area contributed by atoms with E-state index in [2.05, 4.69) is 0 Å². The molecule has 6 heteroatoms. The van der Waals surface area contributed by atoms with E-state index in [0.29, 0.717) is 0 Å². The summed E-state index contributed by atoms with van der Waals surface area (Å²) in [5.74, 6) is 0. The first kappa shape index (κ1) is 9.56. The summed E-state index contributed by atoms with van der Waals surface area (Å²) in [6.45, 7) is 0. The average molecular weight is 162 g/mol. The second-order valence-electron chi connectivity index (χ2n) is 0.396. The SMILES string of the molecule is N.[O-][Br+3]([O-])([O-])O. The molecule has 0 rings (SSSR count). The highest BCUT2D eigenvalue weighted by Crippen LogP contribution is 1.60. The molecular formula is H4BrNO4. The first-order valence-electron chi connectivity index (χ1n) is 0.632. The Hall–Kier alpha value is 0.280. The Morgan fingerprint density at radius 3 is 1.17 bits per heavy atom. The van der Waals surface area contributed by atoms with E-state index < -0.39 is 14.1 Å². The van der Waals surface area contributed by atoms with Crippen LogP contribution in [0.15, 0.2) is 0 Å². The molecule has 0 aliphatic rings. The Labute approximate surface area is 37.9 Å². The van der Waals surface area contributed by atoms with Crippen molar-refractivity contribution in [1.29, 1.82) is 0 Å². The van der Waals surface area contributed by atoms with Crippen LogP contribution in [0.1, 0.15) is 0 Å². The van der Waals surface area contributed by atoms with Crippen molar-refractivity contribution in [2.24, 2.45) is 0 Å². The lowest BCUT2D eigenvalue weighted by molar-refractivity contribution is -1.92. The molecule has 0 amide bonds. The lowest BCUT2D eigenvalue weighted by Crippen LogP contribution is -2.58. The quantitative estimate of drug-likeness (QED) is 0.375. The summed E-state index contributed by atoms with van der Waals surface area (Å²) in [5, 5.41) is 0. The van der Waals surface area contributed by atoms with Crippen molar-refractivity contribution in [3.05, 3.63) is 0 Å². The Kier molecular flexibility index (Phi) is 3.91. The van der Waals surface area contributed by atoms with Crippen molar-refractivity contribution in [3.63, 3.8) is 0 Å². The number of halogens is 1. The van der Waals surface area contributed by atoms with E-state index >= 15 is 0 Å². The molecule has 40 valence electrons. The van der Waals surface area contributed by atoms with Gasteiger partial charge in [0.2, 0.25) is 0 Å². The Morgan fingerprint density at radius 2 is 1.17 bits per heavy atom. The maximum Gasteiger partial charge on any atom is 0.265 e. The fourth-order valence-electron chi connectivity index (χ4n) is 0. The summed E-state index contributed by atoms with van der Waals surface area (Å²) in [6.07, 6.45) is 0. The molecule has 0 aliphatic carbocycles. The van der Waals surface area contributed by atoms with Crippen LogP contribution in [0, 0.1) is 14.1 Å². The Balaban J connectivity index is 0. The molecule has 0 saturated carbocycles. The van der Waals surface area contributed by atoms with Gasteiger partial charge in [0.05, 0.1) is 0 Å². The van der Waals surface area contributed by atoms with Gasteiger partial charge in [-0.05, 0) is 0 Å². The van der Waals surface area contributed by atoms with Crippen LogP contribution >= 0.6 is 0 Å². The van der Waals surface area contributed by atoms with Gasteiger partial charge in [-0.3, -0.25) is 0 Å². The maximum absolute atomic E-state index is 8.69. The zero-order chi connectivity index (χ0) is 4.50. The number of hydrogen-bond donors (Lipinski definition) is 2. The summed E-state index contributed by atoms with van der Waals surface area (Å²) in [4.78, 5) is 0. The summed E-state index contributed by atoms with van der Waals surface area (Å²) in [6, 6.07) is 0. The maximum atomic E-state index is 8.69. The van der Waals surface area contributed by atoms with Crippen LogP contribution in [0.2, 0.25) is 0 Å². The zero-order valence-electron chi connectivity index (χ0n) is 2.76. The topological polar surface area (TPSA) is 124 Å². The molecule has 5 nitrogen and oxygen atoms in total. The molecule has 0 saturated heterocycles. The third-order valence-electron chi connectivity index (χ3n) is 0. The van der Waals surface area contributed by atoms with Gasteiger partial charge in [0.1, 0.15) is 0 Å². The smallest absolute Gasteiger partial charge is 0.265 e. The molecule has 0 radical (unpaired) electrons. The van der Waals surface area contributed by atoms with Crippen LogP contribution in [-0.2, 0) is 0 Å². The lowest BCUT2D eigenvalue weighted by Gasteiger charge is -1.96. The molecule has 0 fully saturated rings. The molecule has 0 atom stereocenters. The molecule has 0 unspecified atom stereocenters.